The predicted octanol–water partition coefficient (Wildman–Crippen LogP) is 1.61. The summed E-state index contributed by atoms with van der Waals surface area (Å²) < 4.78 is 1.84. The summed E-state index contributed by atoms with van der Waals surface area (Å²) in [6.07, 6.45) is 2.86. The van der Waals surface area contributed by atoms with Crippen molar-refractivity contribution < 1.29 is 4.79 Å². The Bertz CT molecular complexity index is 444. The van der Waals surface area contributed by atoms with Gasteiger partial charge in [0, 0.05) is 18.0 Å². The number of aromatic nitrogens is 3. The molecule has 1 aliphatic rings. The van der Waals surface area contributed by atoms with Crippen molar-refractivity contribution in [2.24, 2.45) is 11.3 Å². The van der Waals surface area contributed by atoms with Crippen molar-refractivity contribution >= 4 is 5.78 Å². The van der Waals surface area contributed by atoms with Gasteiger partial charge in [0.25, 0.3) is 0 Å². The van der Waals surface area contributed by atoms with E-state index < -0.39 is 0 Å². The minimum Gasteiger partial charge on any atom is -0.316 e. The van der Waals surface area contributed by atoms with E-state index in [1.165, 1.54) is 6.33 Å². The number of carbonyl (C=O) groups excluding carboxylic acids is 1. The van der Waals surface area contributed by atoms with Crippen LogP contribution in [0.4, 0.5) is 0 Å². The lowest BCUT2D eigenvalue weighted by molar-refractivity contribution is -0.129. The highest BCUT2D eigenvalue weighted by molar-refractivity contribution is 5.87. The first-order valence-electron chi connectivity index (χ1n) is 7.10. The highest BCUT2D eigenvalue weighted by Crippen LogP contribution is 2.36. The van der Waals surface area contributed by atoms with Crippen molar-refractivity contribution in [1.82, 2.24) is 20.1 Å². The van der Waals surface area contributed by atoms with Crippen molar-refractivity contribution in [2.75, 3.05) is 13.1 Å². The van der Waals surface area contributed by atoms with E-state index in [-0.39, 0.29) is 11.5 Å². The monoisotopic (exact) mass is 264 g/mol. The Hall–Kier alpha value is -1.23. The average molecular weight is 264 g/mol. The Labute approximate surface area is 114 Å². The Morgan fingerprint density at radius 3 is 2.74 bits per heavy atom. The van der Waals surface area contributed by atoms with Crippen LogP contribution in [-0.4, -0.2) is 33.6 Å². The maximum absolute atomic E-state index is 12.7. The van der Waals surface area contributed by atoms with Crippen LogP contribution in [0.15, 0.2) is 6.33 Å². The zero-order valence-electron chi connectivity index (χ0n) is 12.3. The summed E-state index contributed by atoms with van der Waals surface area (Å²) in [5.74, 6) is 1.43. The Morgan fingerprint density at radius 1 is 1.47 bits per heavy atom. The van der Waals surface area contributed by atoms with Gasteiger partial charge in [0.2, 0.25) is 0 Å². The highest BCUT2D eigenvalue weighted by Gasteiger charge is 2.43. The summed E-state index contributed by atoms with van der Waals surface area (Å²) in [6, 6.07) is 0.238. The molecule has 0 bridgehead atoms. The number of nitrogens with one attached hydrogen (secondary N) is 1. The van der Waals surface area contributed by atoms with Crippen LogP contribution >= 0.6 is 0 Å². The number of carbonyl (C=O) groups is 1. The van der Waals surface area contributed by atoms with E-state index in [1.54, 1.807) is 0 Å². The third kappa shape index (κ3) is 2.56. The molecule has 106 valence electrons. The molecule has 1 aromatic heterocycles. The van der Waals surface area contributed by atoms with Gasteiger partial charge in [-0.3, -0.25) is 4.79 Å². The van der Waals surface area contributed by atoms with Crippen molar-refractivity contribution in [1.29, 1.82) is 0 Å². The highest BCUT2D eigenvalue weighted by atomic mass is 16.1. The number of Topliss-reactive ketones (excluding diaryl/α,β-unsaturated/α-hetero) is 1. The van der Waals surface area contributed by atoms with Gasteiger partial charge in [-0.15, -0.1) is 0 Å². The zero-order chi connectivity index (χ0) is 14.0. The molecule has 0 aliphatic carbocycles. The van der Waals surface area contributed by atoms with Crippen LogP contribution < -0.4 is 5.32 Å². The molecule has 1 N–H and O–H groups in total. The zero-order valence-corrected chi connectivity index (χ0v) is 12.3. The molecule has 19 heavy (non-hydrogen) atoms. The fraction of sp³-hybridized carbons (Fsp3) is 0.786. The van der Waals surface area contributed by atoms with E-state index in [0.717, 1.165) is 25.3 Å². The second-order valence-electron chi connectivity index (χ2n) is 6.05. The Morgan fingerprint density at radius 2 is 2.21 bits per heavy atom. The second-order valence-corrected chi connectivity index (χ2v) is 6.05. The number of ketones is 1. The first-order chi connectivity index (χ1) is 8.97. The standard InChI is InChI=1S/C14H24N4O/c1-10(2)14(5-6-15-8-14)12(19)7-13-16-9-17-18(13)11(3)4/h9-11,15H,5-8H2,1-4H3. The summed E-state index contributed by atoms with van der Waals surface area (Å²) in [4.78, 5) is 17.0. The van der Waals surface area contributed by atoms with E-state index in [2.05, 4.69) is 43.1 Å². The minimum atomic E-state index is -0.228. The summed E-state index contributed by atoms with van der Waals surface area (Å²) in [6.45, 7) is 10.1. The molecule has 5 heteroatoms. The predicted molar refractivity (Wildman–Crippen MR) is 73.9 cm³/mol. The van der Waals surface area contributed by atoms with Crippen LogP contribution in [0, 0.1) is 11.3 Å². The SMILES string of the molecule is CC(C)n1ncnc1CC(=O)C1(C(C)C)CCNC1. The van der Waals surface area contributed by atoms with E-state index in [0.29, 0.717) is 18.1 Å². The van der Waals surface area contributed by atoms with Gasteiger partial charge in [-0.05, 0) is 32.7 Å². The normalized spacial score (nSPS) is 23.5. The average Bonchev–Trinajstić information content (AvgIpc) is 2.97. The van der Waals surface area contributed by atoms with Crippen molar-refractivity contribution in [3.63, 3.8) is 0 Å². The van der Waals surface area contributed by atoms with Crippen molar-refractivity contribution in [2.45, 2.75) is 46.6 Å². The van der Waals surface area contributed by atoms with Gasteiger partial charge in [-0.25, -0.2) is 9.67 Å². The molecule has 1 atom stereocenters. The Kier molecular flexibility index (Phi) is 4.04. The molecule has 1 aliphatic heterocycles. The minimum absolute atomic E-state index is 0.228. The van der Waals surface area contributed by atoms with Crippen LogP contribution in [0.25, 0.3) is 0 Å². The summed E-state index contributed by atoms with van der Waals surface area (Å²) in [5.41, 5.74) is -0.228. The van der Waals surface area contributed by atoms with E-state index in [9.17, 15) is 4.79 Å². The summed E-state index contributed by atoms with van der Waals surface area (Å²) >= 11 is 0. The van der Waals surface area contributed by atoms with Crippen molar-refractivity contribution in [3.8, 4) is 0 Å². The summed E-state index contributed by atoms with van der Waals surface area (Å²) in [7, 11) is 0. The molecule has 1 unspecified atom stereocenters. The van der Waals surface area contributed by atoms with Gasteiger partial charge >= 0.3 is 0 Å². The van der Waals surface area contributed by atoms with Gasteiger partial charge in [0.05, 0.1) is 6.42 Å². The van der Waals surface area contributed by atoms with E-state index in [1.807, 2.05) is 4.68 Å². The fourth-order valence-electron chi connectivity index (χ4n) is 2.92. The lowest BCUT2D eigenvalue weighted by Gasteiger charge is -2.31. The van der Waals surface area contributed by atoms with Gasteiger partial charge < -0.3 is 5.32 Å². The largest absolute Gasteiger partial charge is 0.316 e. The van der Waals surface area contributed by atoms with Gasteiger partial charge in [0.1, 0.15) is 17.9 Å². The number of rotatable bonds is 5. The van der Waals surface area contributed by atoms with Gasteiger partial charge in [-0.2, -0.15) is 5.10 Å². The van der Waals surface area contributed by atoms with Gasteiger partial charge in [-0.1, -0.05) is 13.8 Å². The van der Waals surface area contributed by atoms with Crippen LogP contribution in [0.5, 0.6) is 0 Å². The molecular formula is C14H24N4O. The first-order valence-corrected chi connectivity index (χ1v) is 7.10. The molecule has 2 rings (SSSR count). The lowest BCUT2D eigenvalue weighted by atomic mass is 9.72. The molecule has 0 spiro atoms. The molecule has 2 heterocycles. The van der Waals surface area contributed by atoms with Crippen LogP contribution in [0.1, 0.15) is 46.0 Å². The Balaban J connectivity index is 2.18. The molecule has 0 saturated carbocycles. The molecule has 1 fully saturated rings. The van der Waals surface area contributed by atoms with Gasteiger partial charge in [0.15, 0.2) is 0 Å². The fourth-order valence-corrected chi connectivity index (χ4v) is 2.92. The van der Waals surface area contributed by atoms with Crippen LogP contribution in [0.3, 0.4) is 0 Å². The van der Waals surface area contributed by atoms with Crippen LogP contribution in [0.2, 0.25) is 0 Å². The number of nitrogens with zero attached hydrogens (tertiary/aromatic N) is 3. The number of hydrogen-bond donors (Lipinski definition) is 1. The maximum Gasteiger partial charge on any atom is 0.148 e. The van der Waals surface area contributed by atoms with Crippen LogP contribution in [-0.2, 0) is 11.2 Å². The van der Waals surface area contributed by atoms with E-state index in [4.69, 9.17) is 0 Å². The lowest BCUT2D eigenvalue weighted by Crippen LogP contribution is -2.40. The molecule has 0 amide bonds. The molecular weight excluding hydrogens is 240 g/mol. The maximum atomic E-state index is 12.7. The first kappa shape index (κ1) is 14.2. The topological polar surface area (TPSA) is 59.8 Å². The smallest absolute Gasteiger partial charge is 0.148 e. The third-order valence-electron chi connectivity index (χ3n) is 4.30. The molecule has 0 radical (unpaired) electrons. The number of hydrogen-bond acceptors (Lipinski definition) is 4. The second kappa shape index (κ2) is 5.41. The van der Waals surface area contributed by atoms with Crippen molar-refractivity contribution in [3.05, 3.63) is 12.2 Å². The quantitative estimate of drug-likeness (QED) is 0.877. The summed E-state index contributed by atoms with van der Waals surface area (Å²) in [5, 5.41) is 7.53. The molecule has 5 nitrogen and oxygen atoms in total. The van der Waals surface area contributed by atoms with E-state index >= 15 is 0 Å². The molecule has 1 aromatic rings. The molecule has 1 saturated heterocycles. The third-order valence-corrected chi connectivity index (χ3v) is 4.30. The molecule has 0 aromatic carbocycles.